The van der Waals surface area contributed by atoms with Gasteiger partial charge in [-0.25, -0.2) is 0 Å². The van der Waals surface area contributed by atoms with Crippen LogP contribution >= 0.6 is 34.8 Å². The van der Waals surface area contributed by atoms with E-state index in [1.165, 1.54) is 6.08 Å². The number of carbonyl (C=O) groups is 1. The molecule has 0 heterocycles. The lowest BCUT2D eigenvalue weighted by atomic mass is 10.1. The summed E-state index contributed by atoms with van der Waals surface area (Å²) in [6, 6.07) is 21.0. The summed E-state index contributed by atoms with van der Waals surface area (Å²) in [6.45, 7) is 0.329. The summed E-state index contributed by atoms with van der Waals surface area (Å²) < 4.78 is 5.73. The summed E-state index contributed by atoms with van der Waals surface area (Å²) >= 11 is 18.2. The second-order valence-electron chi connectivity index (χ2n) is 6.21. The molecular weight excluding hydrogens is 443 g/mol. The van der Waals surface area contributed by atoms with Crippen LogP contribution in [-0.2, 0) is 11.4 Å². The Morgan fingerprint density at radius 3 is 2.40 bits per heavy atom. The molecule has 0 saturated heterocycles. The van der Waals surface area contributed by atoms with Gasteiger partial charge in [-0.05, 0) is 53.6 Å². The van der Waals surface area contributed by atoms with Crippen molar-refractivity contribution in [3.8, 4) is 11.8 Å². The number of anilines is 1. The number of para-hydroxylation sites is 1. The Morgan fingerprint density at radius 1 is 1.00 bits per heavy atom. The summed E-state index contributed by atoms with van der Waals surface area (Å²) in [5.41, 5.74) is 1.88. The zero-order chi connectivity index (χ0) is 21.5. The number of hydrogen-bond acceptors (Lipinski definition) is 3. The molecule has 3 aromatic carbocycles. The Balaban J connectivity index is 1.71. The molecular formula is C23H15Cl3N2O2. The minimum absolute atomic E-state index is 0.0826. The lowest BCUT2D eigenvalue weighted by Crippen LogP contribution is -2.13. The normalized spacial score (nSPS) is 10.9. The van der Waals surface area contributed by atoms with E-state index in [1.54, 1.807) is 54.6 Å². The summed E-state index contributed by atoms with van der Waals surface area (Å²) in [5, 5.41) is 13.4. The Labute approximate surface area is 189 Å². The summed E-state index contributed by atoms with van der Waals surface area (Å²) in [5.74, 6) is -0.0763. The van der Waals surface area contributed by atoms with E-state index in [1.807, 2.05) is 18.2 Å². The molecule has 0 aliphatic rings. The van der Waals surface area contributed by atoms with Crippen molar-refractivity contribution in [2.24, 2.45) is 0 Å². The lowest BCUT2D eigenvalue weighted by Gasteiger charge is -2.09. The third-order valence-electron chi connectivity index (χ3n) is 4.06. The van der Waals surface area contributed by atoms with Crippen molar-refractivity contribution in [2.75, 3.05) is 5.32 Å². The largest absolute Gasteiger partial charge is 0.487 e. The number of carbonyl (C=O) groups excluding carboxylic acids is 1. The SMILES string of the molecule is N#C/C(=C\c1ccc(OCc2ccc(Cl)cc2)c(Cl)c1)C(=O)Nc1ccccc1Cl. The van der Waals surface area contributed by atoms with E-state index in [9.17, 15) is 10.1 Å². The summed E-state index contributed by atoms with van der Waals surface area (Å²) in [6.07, 6.45) is 1.45. The minimum Gasteiger partial charge on any atom is -0.487 e. The molecule has 0 atom stereocenters. The second kappa shape index (κ2) is 10.2. The van der Waals surface area contributed by atoms with Crippen LogP contribution in [0.2, 0.25) is 15.1 Å². The van der Waals surface area contributed by atoms with Crippen LogP contribution < -0.4 is 10.1 Å². The van der Waals surface area contributed by atoms with Gasteiger partial charge in [-0.1, -0.05) is 65.1 Å². The molecule has 0 saturated carbocycles. The number of nitrogens with zero attached hydrogens (tertiary/aromatic N) is 1. The maximum absolute atomic E-state index is 12.4. The van der Waals surface area contributed by atoms with Gasteiger partial charge in [0.05, 0.1) is 15.7 Å². The average Bonchev–Trinajstić information content (AvgIpc) is 2.74. The minimum atomic E-state index is -0.565. The third-order valence-corrected chi connectivity index (χ3v) is 4.94. The highest BCUT2D eigenvalue weighted by molar-refractivity contribution is 6.34. The summed E-state index contributed by atoms with van der Waals surface area (Å²) in [7, 11) is 0. The molecule has 30 heavy (non-hydrogen) atoms. The van der Waals surface area contributed by atoms with Crippen LogP contribution in [0.1, 0.15) is 11.1 Å². The van der Waals surface area contributed by atoms with Gasteiger partial charge in [0.2, 0.25) is 0 Å². The number of nitrogens with one attached hydrogen (secondary N) is 1. The Hall–Kier alpha value is -2.97. The molecule has 0 fully saturated rings. The number of amides is 1. The van der Waals surface area contributed by atoms with E-state index in [0.717, 1.165) is 5.56 Å². The van der Waals surface area contributed by atoms with Gasteiger partial charge in [0.25, 0.3) is 5.91 Å². The molecule has 150 valence electrons. The van der Waals surface area contributed by atoms with Crippen LogP contribution in [0.15, 0.2) is 72.3 Å². The van der Waals surface area contributed by atoms with Gasteiger partial charge in [0, 0.05) is 5.02 Å². The van der Waals surface area contributed by atoms with E-state index < -0.39 is 5.91 Å². The predicted octanol–water partition coefficient (Wildman–Crippen LogP) is 6.77. The molecule has 0 unspecified atom stereocenters. The monoisotopic (exact) mass is 456 g/mol. The molecule has 1 N–H and O–H groups in total. The van der Waals surface area contributed by atoms with E-state index in [4.69, 9.17) is 39.5 Å². The van der Waals surface area contributed by atoms with Crippen molar-refractivity contribution < 1.29 is 9.53 Å². The van der Waals surface area contributed by atoms with Crippen molar-refractivity contribution in [3.05, 3.63) is 98.5 Å². The molecule has 3 aromatic rings. The van der Waals surface area contributed by atoms with E-state index in [2.05, 4.69) is 5.32 Å². The first-order valence-corrected chi connectivity index (χ1v) is 9.94. The van der Waals surface area contributed by atoms with Gasteiger partial charge in [-0.3, -0.25) is 4.79 Å². The first kappa shape index (κ1) is 21.7. The van der Waals surface area contributed by atoms with Crippen LogP contribution in [0, 0.1) is 11.3 Å². The smallest absolute Gasteiger partial charge is 0.266 e. The molecule has 0 aliphatic heterocycles. The van der Waals surface area contributed by atoms with Gasteiger partial charge in [-0.2, -0.15) is 5.26 Å². The first-order valence-electron chi connectivity index (χ1n) is 8.81. The highest BCUT2D eigenvalue weighted by atomic mass is 35.5. The van der Waals surface area contributed by atoms with Crippen molar-refractivity contribution in [2.45, 2.75) is 6.61 Å². The molecule has 1 amide bonds. The van der Waals surface area contributed by atoms with Crippen LogP contribution in [0.5, 0.6) is 5.75 Å². The number of halogens is 3. The summed E-state index contributed by atoms with van der Waals surface area (Å²) in [4.78, 5) is 12.4. The van der Waals surface area contributed by atoms with Crippen LogP contribution in [0.4, 0.5) is 5.69 Å². The molecule has 3 rings (SSSR count). The van der Waals surface area contributed by atoms with Crippen molar-refractivity contribution >= 4 is 52.5 Å². The van der Waals surface area contributed by atoms with Gasteiger partial charge in [0.1, 0.15) is 24.0 Å². The van der Waals surface area contributed by atoms with Gasteiger partial charge in [-0.15, -0.1) is 0 Å². The number of benzene rings is 3. The molecule has 0 spiro atoms. The number of rotatable bonds is 6. The van der Waals surface area contributed by atoms with Crippen LogP contribution in [0.3, 0.4) is 0 Å². The molecule has 7 heteroatoms. The third kappa shape index (κ3) is 5.77. The van der Waals surface area contributed by atoms with E-state index in [-0.39, 0.29) is 5.57 Å². The fourth-order valence-electron chi connectivity index (χ4n) is 2.53. The molecule has 0 aliphatic carbocycles. The standard InChI is InChI=1S/C23H15Cl3N2O2/c24-18-8-5-15(6-9-18)14-30-22-10-7-16(12-20(22)26)11-17(13-27)23(29)28-21-4-2-1-3-19(21)25/h1-12H,14H2,(H,28,29)/b17-11+. The van der Waals surface area contributed by atoms with E-state index >= 15 is 0 Å². The highest BCUT2D eigenvalue weighted by Gasteiger charge is 2.12. The first-order chi connectivity index (χ1) is 14.5. The van der Waals surface area contributed by atoms with Crippen LogP contribution in [-0.4, -0.2) is 5.91 Å². The Kier molecular flexibility index (Phi) is 7.37. The maximum atomic E-state index is 12.4. The zero-order valence-corrected chi connectivity index (χ0v) is 17.8. The van der Waals surface area contributed by atoms with Crippen molar-refractivity contribution in [1.29, 1.82) is 5.26 Å². The molecule has 0 aromatic heterocycles. The van der Waals surface area contributed by atoms with Gasteiger partial charge >= 0.3 is 0 Å². The Bertz CT molecular complexity index is 1140. The molecule has 4 nitrogen and oxygen atoms in total. The topological polar surface area (TPSA) is 62.1 Å². The maximum Gasteiger partial charge on any atom is 0.266 e. The number of ether oxygens (including phenoxy) is 1. The average molecular weight is 458 g/mol. The number of nitriles is 1. The molecule has 0 bridgehead atoms. The van der Waals surface area contributed by atoms with Crippen molar-refractivity contribution in [1.82, 2.24) is 0 Å². The van der Waals surface area contributed by atoms with Crippen LogP contribution in [0.25, 0.3) is 6.08 Å². The van der Waals surface area contributed by atoms with Gasteiger partial charge in [0.15, 0.2) is 0 Å². The van der Waals surface area contributed by atoms with E-state index in [0.29, 0.717) is 38.7 Å². The lowest BCUT2D eigenvalue weighted by molar-refractivity contribution is -0.112. The van der Waals surface area contributed by atoms with Gasteiger partial charge < -0.3 is 10.1 Å². The fraction of sp³-hybridized carbons (Fsp3) is 0.0435. The second-order valence-corrected chi connectivity index (χ2v) is 7.46. The fourth-order valence-corrected chi connectivity index (χ4v) is 3.09. The predicted molar refractivity (Wildman–Crippen MR) is 121 cm³/mol. The Morgan fingerprint density at radius 2 is 1.73 bits per heavy atom. The quantitative estimate of drug-likeness (QED) is 0.328. The molecule has 0 radical (unpaired) electrons. The highest BCUT2D eigenvalue weighted by Crippen LogP contribution is 2.28. The zero-order valence-electron chi connectivity index (χ0n) is 15.5. The van der Waals surface area contributed by atoms with Crippen molar-refractivity contribution in [3.63, 3.8) is 0 Å². The number of hydrogen-bond donors (Lipinski definition) is 1.